The fourth-order valence-electron chi connectivity index (χ4n) is 7.69. The Bertz CT molecular complexity index is 1510. The lowest BCUT2D eigenvalue weighted by atomic mass is 9.63. The number of benzene rings is 2. The average molecular weight is 641 g/mol. The number of allylic oxidation sites excluding steroid dienone is 1. The zero-order valence-corrected chi connectivity index (χ0v) is 27.6. The Morgan fingerprint density at radius 3 is 2.59 bits per heavy atom. The minimum atomic E-state index is -3.89. The van der Waals surface area contributed by atoms with Gasteiger partial charge >= 0.3 is 0 Å². The third-order valence-corrected chi connectivity index (χ3v) is 12.6. The van der Waals surface area contributed by atoms with Crippen LogP contribution in [0.25, 0.3) is 0 Å². The molecular weight excluding hydrogens is 596 g/mol. The van der Waals surface area contributed by atoms with E-state index in [0.717, 1.165) is 67.9 Å². The molecule has 0 unspecified atom stereocenters. The van der Waals surface area contributed by atoms with Crippen molar-refractivity contribution in [2.45, 2.75) is 76.8 Å². The molecule has 44 heavy (non-hydrogen) atoms. The van der Waals surface area contributed by atoms with Crippen LogP contribution in [0, 0.1) is 29.6 Å². The van der Waals surface area contributed by atoms with Crippen LogP contribution >= 0.6 is 11.6 Å². The van der Waals surface area contributed by atoms with Crippen LogP contribution in [0.5, 0.6) is 5.75 Å². The Labute approximate surface area is 267 Å². The maximum absolute atomic E-state index is 13.7. The van der Waals surface area contributed by atoms with E-state index in [0.29, 0.717) is 42.1 Å². The van der Waals surface area contributed by atoms with Gasteiger partial charge in [-0.2, -0.15) is 0 Å². The SMILES string of the molecule is CO[C@H]1/C=C/C[C@H](C)[C@H](C2CC2)S(=O)(=O)NC(=O)c2ccc3c(c2)N(CCCCc2cc(Cl)ccc2CO3)C[C@H]2[C@H]1C[C@H]2C. The van der Waals surface area contributed by atoms with Crippen molar-refractivity contribution in [2.75, 3.05) is 25.1 Å². The van der Waals surface area contributed by atoms with Gasteiger partial charge in [-0.3, -0.25) is 4.79 Å². The molecule has 0 aromatic heterocycles. The first-order chi connectivity index (χ1) is 21.1. The molecule has 2 aliphatic heterocycles. The first kappa shape index (κ1) is 31.4. The van der Waals surface area contributed by atoms with Gasteiger partial charge in [-0.1, -0.05) is 43.7 Å². The number of fused-ring (bicyclic) bond motifs is 3. The van der Waals surface area contributed by atoms with Crippen LogP contribution in [-0.2, 0) is 27.8 Å². The number of ether oxygens (including phenoxy) is 2. The van der Waals surface area contributed by atoms with Crippen molar-refractivity contribution in [3.63, 3.8) is 0 Å². The number of hydrogen-bond donors (Lipinski definition) is 1. The number of rotatable bonds is 2. The quantitative estimate of drug-likeness (QED) is 0.364. The van der Waals surface area contributed by atoms with Crippen molar-refractivity contribution in [1.82, 2.24) is 4.72 Å². The normalized spacial score (nSPS) is 31.6. The molecule has 6 rings (SSSR count). The van der Waals surface area contributed by atoms with Crippen molar-refractivity contribution in [3.05, 3.63) is 70.3 Å². The smallest absolute Gasteiger partial charge is 0.264 e. The van der Waals surface area contributed by atoms with E-state index in [-0.39, 0.29) is 17.9 Å². The number of carbonyl (C=O) groups excluding carboxylic acids is 1. The van der Waals surface area contributed by atoms with Gasteiger partial charge in [-0.05, 0) is 116 Å². The summed E-state index contributed by atoms with van der Waals surface area (Å²) in [5.74, 6) is 1.35. The maximum Gasteiger partial charge on any atom is 0.264 e. The van der Waals surface area contributed by atoms with E-state index in [2.05, 4.69) is 28.7 Å². The van der Waals surface area contributed by atoms with E-state index in [1.807, 2.05) is 37.3 Å². The molecule has 2 aromatic carbocycles. The zero-order valence-electron chi connectivity index (χ0n) is 26.0. The van der Waals surface area contributed by atoms with Crippen LogP contribution in [0.4, 0.5) is 5.69 Å². The molecule has 1 amide bonds. The molecule has 6 atom stereocenters. The number of anilines is 1. The molecule has 0 radical (unpaired) electrons. The topological polar surface area (TPSA) is 84.9 Å². The molecule has 0 saturated heterocycles. The lowest BCUT2D eigenvalue weighted by Gasteiger charge is -2.48. The van der Waals surface area contributed by atoms with Gasteiger partial charge in [0.25, 0.3) is 5.91 Å². The monoisotopic (exact) mass is 640 g/mol. The van der Waals surface area contributed by atoms with Crippen molar-refractivity contribution in [2.24, 2.45) is 29.6 Å². The van der Waals surface area contributed by atoms with Gasteiger partial charge in [0.2, 0.25) is 10.0 Å². The Kier molecular flexibility index (Phi) is 9.32. The summed E-state index contributed by atoms with van der Waals surface area (Å²) in [7, 11) is -2.12. The summed E-state index contributed by atoms with van der Waals surface area (Å²) in [5, 5.41) is 0.107. The van der Waals surface area contributed by atoms with E-state index in [1.165, 1.54) is 5.56 Å². The standard InChI is InChI=1S/C35H45ClN2O5S/c1-22-7-6-9-32(42-3)29-17-23(2)30(29)20-38-16-5-4-8-25-18-28(36)14-12-27(25)21-43-33-15-13-26(19-31(33)38)35(39)37-44(40,41)34(22)24-10-11-24/h6,9,12-15,18-19,22-24,29-30,32,34H,4-5,7-8,10-11,16-17,20-21H2,1-3H3,(H,37,39)/b9-6+/t22-,23+,29+,30+,32-,34+/m0/s1. The summed E-state index contributed by atoms with van der Waals surface area (Å²) in [4.78, 5) is 16.0. The molecule has 238 valence electrons. The van der Waals surface area contributed by atoms with Gasteiger partial charge in [-0.25, -0.2) is 13.1 Å². The van der Waals surface area contributed by atoms with Crippen LogP contribution in [-0.4, -0.2) is 45.9 Å². The minimum Gasteiger partial charge on any atom is -0.487 e. The number of aryl methyl sites for hydroxylation is 1. The van der Waals surface area contributed by atoms with Gasteiger partial charge in [0.05, 0.1) is 17.0 Å². The van der Waals surface area contributed by atoms with Crippen LogP contribution < -0.4 is 14.4 Å². The van der Waals surface area contributed by atoms with Crippen LogP contribution in [0.1, 0.15) is 73.9 Å². The van der Waals surface area contributed by atoms with E-state index < -0.39 is 21.2 Å². The van der Waals surface area contributed by atoms with Gasteiger partial charge in [0, 0.05) is 30.8 Å². The molecule has 2 heterocycles. The Morgan fingerprint density at radius 1 is 1.02 bits per heavy atom. The molecule has 9 heteroatoms. The Balaban J connectivity index is 1.40. The van der Waals surface area contributed by atoms with Gasteiger partial charge in [0.1, 0.15) is 12.4 Å². The number of sulfonamides is 1. The first-order valence-electron chi connectivity index (χ1n) is 16.2. The van der Waals surface area contributed by atoms with Gasteiger partial charge in [-0.15, -0.1) is 0 Å². The number of methoxy groups -OCH3 is 1. The Morgan fingerprint density at radius 2 is 1.84 bits per heavy atom. The average Bonchev–Trinajstić information content (AvgIpc) is 3.81. The molecule has 2 fully saturated rings. The second kappa shape index (κ2) is 13.1. The molecule has 4 aliphatic rings. The molecule has 0 spiro atoms. The number of halogens is 1. The van der Waals surface area contributed by atoms with E-state index in [9.17, 15) is 13.2 Å². The second-order valence-corrected chi connectivity index (χ2v) is 15.7. The highest BCUT2D eigenvalue weighted by atomic mass is 35.5. The maximum atomic E-state index is 13.7. The number of hydrogen-bond acceptors (Lipinski definition) is 6. The molecule has 7 nitrogen and oxygen atoms in total. The highest BCUT2D eigenvalue weighted by Gasteiger charge is 2.45. The number of nitrogens with zero attached hydrogens (tertiary/aromatic N) is 1. The molecule has 2 saturated carbocycles. The van der Waals surface area contributed by atoms with Crippen molar-refractivity contribution in [1.29, 1.82) is 0 Å². The lowest BCUT2D eigenvalue weighted by molar-refractivity contribution is -0.0227. The molecule has 2 bridgehead atoms. The highest BCUT2D eigenvalue weighted by molar-refractivity contribution is 7.90. The minimum absolute atomic E-state index is 0.0303. The third kappa shape index (κ3) is 6.68. The van der Waals surface area contributed by atoms with Crippen molar-refractivity contribution >= 4 is 33.2 Å². The molecule has 1 N–H and O–H groups in total. The lowest BCUT2D eigenvalue weighted by Crippen LogP contribution is -2.49. The molecule has 2 aromatic rings. The largest absolute Gasteiger partial charge is 0.487 e. The summed E-state index contributed by atoms with van der Waals surface area (Å²) in [6.45, 7) is 6.28. The highest BCUT2D eigenvalue weighted by Crippen LogP contribution is 2.46. The van der Waals surface area contributed by atoms with Gasteiger partial charge < -0.3 is 14.4 Å². The molecular formula is C35H45ClN2O5S. The fourth-order valence-corrected chi connectivity index (χ4v) is 9.90. The fraction of sp³-hybridized carbons (Fsp3) is 0.571. The van der Waals surface area contributed by atoms with Crippen LogP contribution in [0.2, 0.25) is 5.02 Å². The second-order valence-electron chi connectivity index (χ2n) is 13.4. The number of nitrogens with one attached hydrogen (secondary N) is 1. The zero-order chi connectivity index (χ0) is 31.0. The summed E-state index contributed by atoms with van der Waals surface area (Å²) in [6, 6.07) is 11.3. The van der Waals surface area contributed by atoms with Gasteiger partial charge in [0.15, 0.2) is 0 Å². The number of amides is 1. The third-order valence-electron chi connectivity index (χ3n) is 10.4. The number of carbonyl (C=O) groups is 1. The summed E-state index contributed by atoms with van der Waals surface area (Å²) < 4.78 is 42.4. The summed E-state index contributed by atoms with van der Waals surface area (Å²) in [6.07, 6.45) is 10.5. The predicted octanol–water partition coefficient (Wildman–Crippen LogP) is 6.78. The van der Waals surface area contributed by atoms with Crippen molar-refractivity contribution in [3.8, 4) is 5.75 Å². The van der Waals surface area contributed by atoms with E-state index in [1.54, 1.807) is 13.2 Å². The predicted molar refractivity (Wildman–Crippen MR) is 175 cm³/mol. The van der Waals surface area contributed by atoms with Crippen molar-refractivity contribution < 1.29 is 22.7 Å². The van der Waals surface area contributed by atoms with Crippen LogP contribution in [0.3, 0.4) is 0 Å². The summed E-state index contributed by atoms with van der Waals surface area (Å²) >= 11 is 6.35. The van der Waals surface area contributed by atoms with E-state index >= 15 is 0 Å². The summed E-state index contributed by atoms with van der Waals surface area (Å²) in [5.41, 5.74) is 3.44. The van der Waals surface area contributed by atoms with E-state index in [4.69, 9.17) is 21.1 Å². The Hall–Kier alpha value is -2.55. The first-order valence-corrected chi connectivity index (χ1v) is 18.1. The molecule has 2 aliphatic carbocycles. The van der Waals surface area contributed by atoms with Crippen LogP contribution in [0.15, 0.2) is 48.6 Å².